The monoisotopic (exact) mass is 790 g/mol. The lowest BCUT2D eigenvalue weighted by Gasteiger charge is -2.36. The summed E-state index contributed by atoms with van der Waals surface area (Å²) in [5.74, 6) is 3.73. The largest absolute Gasteiger partial charge is 0.379 e. The first kappa shape index (κ1) is 45.8. The van der Waals surface area contributed by atoms with Crippen molar-refractivity contribution in [1.82, 2.24) is 5.32 Å². The molecule has 10 aliphatic rings. The van der Waals surface area contributed by atoms with E-state index in [9.17, 15) is 0 Å². The molecule has 10 radical (unpaired) electrons. The van der Waals surface area contributed by atoms with E-state index < -0.39 is 0 Å². The van der Waals surface area contributed by atoms with Crippen LogP contribution in [0, 0.1) is 29.6 Å². The normalized spacial score (nSPS) is 54.7. The predicted molar refractivity (Wildman–Crippen MR) is 226 cm³/mol. The summed E-state index contributed by atoms with van der Waals surface area (Å²) in [5.41, 5.74) is 0.0509. The summed E-state index contributed by atoms with van der Waals surface area (Å²) >= 11 is 1.98. The molecule has 10 rings (SSSR count). The fraction of sp³-hybridized carbons (Fsp3) is 1.00. The number of ether oxygens (including phenoxy) is 8. The Kier molecular flexibility index (Phi) is 14.4. The molecule has 0 saturated carbocycles. The molecule has 0 spiro atoms. The van der Waals surface area contributed by atoms with Gasteiger partial charge in [0.05, 0.1) is 59.5 Å². The Morgan fingerprint density at radius 3 is 1.21 bits per heavy atom. The summed E-state index contributed by atoms with van der Waals surface area (Å²) in [5, 5.41) is 3.95. The Morgan fingerprint density at radius 2 is 0.929 bits per heavy atom. The zero-order chi connectivity index (χ0) is 41.0. The predicted octanol–water partition coefficient (Wildman–Crippen LogP) is 4.15. The van der Waals surface area contributed by atoms with Crippen LogP contribution in [0.2, 0.25) is 0 Å². The standard InChI is InChI=1S/C9H15BO2.C8H14BNO.2C8H13BO2.C8H13BOS/c1-3-9-4-5-11-7(6(9)2)8(10)12-9;3*1-3-8-4-10-6(5(8)2)7(9)11-8;1-3-8-4-11-6(5(8)2)7(9)10-8/h6-8H,3-5H2,1-2H3;5-7,10H,3-4H2,1-2H3;3*5-7H,3-4H2,1-2H3/t6-,7?,8-,9+;5-,6?,7-,8+;5-,6?,7+,8+;2*5-,6?,7-,8+/m11011/s1. The summed E-state index contributed by atoms with van der Waals surface area (Å²) < 4.78 is 45.2. The van der Waals surface area contributed by atoms with E-state index in [0.717, 1.165) is 70.6 Å². The number of morpholine rings is 1. The van der Waals surface area contributed by atoms with Crippen LogP contribution in [0.1, 0.15) is 108 Å². The van der Waals surface area contributed by atoms with Crippen LogP contribution in [0.15, 0.2) is 0 Å². The highest BCUT2D eigenvalue weighted by Gasteiger charge is 2.58. The number of thioether (sulfide) groups is 1. The lowest BCUT2D eigenvalue weighted by atomic mass is 9.78. The van der Waals surface area contributed by atoms with E-state index in [1.807, 2.05) is 11.8 Å². The van der Waals surface area contributed by atoms with E-state index in [2.05, 4.69) is 74.6 Å². The number of hydrogen-bond acceptors (Lipinski definition) is 10. The molecule has 20 atom stereocenters. The van der Waals surface area contributed by atoms with Gasteiger partial charge in [-0.05, 0) is 38.0 Å². The molecule has 306 valence electrons. The molecular formula is C41H68B5NO8S. The Labute approximate surface area is 350 Å². The molecule has 0 aromatic rings. The van der Waals surface area contributed by atoms with E-state index >= 15 is 0 Å². The van der Waals surface area contributed by atoms with Crippen molar-refractivity contribution in [2.24, 2.45) is 29.6 Å². The molecule has 10 saturated heterocycles. The second-order valence-electron chi connectivity index (χ2n) is 18.3. The zero-order valence-electron chi connectivity index (χ0n) is 36.0. The van der Waals surface area contributed by atoms with Crippen molar-refractivity contribution in [2.75, 3.05) is 32.1 Å². The minimum Gasteiger partial charge on any atom is -0.379 e. The average molecular weight is 789 g/mol. The second kappa shape index (κ2) is 17.6. The number of nitrogens with one attached hydrogen (secondary N) is 1. The van der Waals surface area contributed by atoms with Crippen LogP contribution in [0.25, 0.3) is 0 Å². The second-order valence-corrected chi connectivity index (χ2v) is 19.4. The third-order valence-electron chi connectivity index (χ3n) is 16.2. The van der Waals surface area contributed by atoms with Gasteiger partial charge in [-0.25, -0.2) is 0 Å². The summed E-state index contributed by atoms with van der Waals surface area (Å²) in [4.78, 5) is 0. The highest BCUT2D eigenvalue weighted by Crippen LogP contribution is 2.52. The maximum Gasteiger partial charge on any atom is 0.112 e. The van der Waals surface area contributed by atoms with Crippen LogP contribution in [-0.4, -0.2) is 159 Å². The molecule has 10 aliphatic heterocycles. The molecule has 0 amide bonds. The first-order valence-corrected chi connectivity index (χ1v) is 22.9. The van der Waals surface area contributed by atoms with Gasteiger partial charge >= 0.3 is 0 Å². The molecule has 15 heteroatoms. The van der Waals surface area contributed by atoms with Crippen molar-refractivity contribution >= 4 is 51.0 Å². The summed E-state index contributed by atoms with van der Waals surface area (Å²) in [7, 11) is 28.9. The first-order valence-electron chi connectivity index (χ1n) is 21.8. The van der Waals surface area contributed by atoms with Crippen LogP contribution in [0.5, 0.6) is 0 Å². The van der Waals surface area contributed by atoms with Gasteiger partial charge in [-0.15, -0.1) is 0 Å². The van der Waals surface area contributed by atoms with Crippen molar-refractivity contribution in [3.63, 3.8) is 0 Å². The Morgan fingerprint density at radius 1 is 0.500 bits per heavy atom. The molecule has 5 unspecified atom stereocenters. The van der Waals surface area contributed by atoms with Gasteiger partial charge < -0.3 is 43.2 Å². The number of fused-ring (bicyclic) bond motifs is 10. The van der Waals surface area contributed by atoms with Gasteiger partial charge in [0.25, 0.3) is 0 Å². The van der Waals surface area contributed by atoms with Crippen LogP contribution in [0.4, 0.5) is 0 Å². The SMILES string of the molecule is [B][C@@H]1O[C@@]2(CC)CCOC1[C@H]2C.[B][C@@H]1O[C@@]2(CC)CNC1[C@H]2C.[B][C@@H]1O[C@@]2(CC)COC1[C@H]2C.[B][C@@H]1O[C@@]2(CC)CSC1[C@H]2C.[B][C@@H]1O[C@]2(CC)COC1[C@@H]2C. The van der Waals surface area contributed by atoms with Crippen molar-refractivity contribution in [3.05, 3.63) is 0 Å². The highest BCUT2D eigenvalue weighted by molar-refractivity contribution is 8.00. The molecular weight excluding hydrogens is 721 g/mol. The van der Waals surface area contributed by atoms with Crippen LogP contribution in [0.3, 0.4) is 0 Å². The van der Waals surface area contributed by atoms with Gasteiger partial charge in [-0.1, -0.05) is 69.2 Å². The van der Waals surface area contributed by atoms with Gasteiger partial charge in [-0.3, -0.25) is 0 Å². The number of hydrogen-bond donors (Lipinski definition) is 1. The van der Waals surface area contributed by atoms with E-state index in [1.165, 1.54) is 0 Å². The zero-order valence-corrected chi connectivity index (χ0v) is 36.8. The Bertz CT molecular complexity index is 1180. The molecule has 10 bridgehead atoms. The third kappa shape index (κ3) is 7.73. The van der Waals surface area contributed by atoms with Crippen LogP contribution < -0.4 is 5.32 Å². The third-order valence-corrected chi connectivity index (χ3v) is 17.9. The lowest BCUT2D eigenvalue weighted by molar-refractivity contribution is -0.115. The van der Waals surface area contributed by atoms with Crippen molar-refractivity contribution in [2.45, 2.75) is 195 Å². The van der Waals surface area contributed by atoms with Crippen molar-refractivity contribution in [3.8, 4) is 0 Å². The average Bonchev–Trinajstić information content (AvgIpc) is 4.07. The lowest BCUT2D eigenvalue weighted by Crippen LogP contribution is -2.44. The van der Waals surface area contributed by atoms with Gasteiger partial charge in [0.15, 0.2) is 0 Å². The topological polar surface area (TPSA) is 85.9 Å². The van der Waals surface area contributed by atoms with Crippen LogP contribution in [-0.2, 0) is 37.9 Å². The fourth-order valence-electron chi connectivity index (χ4n) is 11.4. The van der Waals surface area contributed by atoms with Crippen molar-refractivity contribution < 1.29 is 37.9 Å². The Hall–Kier alpha value is 0.315. The highest BCUT2D eigenvalue weighted by atomic mass is 32.2. The molecule has 56 heavy (non-hydrogen) atoms. The maximum atomic E-state index is 5.83. The minimum absolute atomic E-state index is 0.0105. The maximum absolute atomic E-state index is 5.83. The van der Waals surface area contributed by atoms with E-state index in [-0.39, 0.29) is 76.3 Å². The van der Waals surface area contributed by atoms with E-state index in [4.69, 9.17) is 77.1 Å². The van der Waals surface area contributed by atoms with Gasteiger partial charge in [0, 0.05) is 90.3 Å². The van der Waals surface area contributed by atoms with Crippen molar-refractivity contribution in [1.29, 1.82) is 0 Å². The molecule has 10 fully saturated rings. The summed E-state index contributed by atoms with van der Waals surface area (Å²) in [6.45, 7) is 25.0. The van der Waals surface area contributed by atoms with Gasteiger partial charge in [0.2, 0.25) is 0 Å². The molecule has 0 aromatic carbocycles. The fourth-order valence-corrected chi connectivity index (χ4v) is 13.2. The van der Waals surface area contributed by atoms with Gasteiger partial charge in [-0.2, -0.15) is 11.8 Å². The molecule has 10 heterocycles. The van der Waals surface area contributed by atoms with E-state index in [0.29, 0.717) is 40.9 Å². The van der Waals surface area contributed by atoms with Crippen LogP contribution >= 0.6 is 11.8 Å². The minimum atomic E-state index is -0.206. The summed E-state index contributed by atoms with van der Waals surface area (Å²) in [6.07, 6.45) is 6.59. The summed E-state index contributed by atoms with van der Waals surface area (Å²) in [6, 6.07) is -0.308. The molecule has 9 nitrogen and oxygen atoms in total. The number of rotatable bonds is 5. The first-order chi connectivity index (χ1) is 26.5. The molecule has 1 N–H and O–H groups in total. The Balaban J connectivity index is 0.000000119. The van der Waals surface area contributed by atoms with Gasteiger partial charge in [0.1, 0.15) is 39.2 Å². The molecule has 0 aliphatic carbocycles. The quantitative estimate of drug-likeness (QED) is 0.411. The van der Waals surface area contributed by atoms with E-state index in [1.54, 1.807) is 0 Å². The smallest absolute Gasteiger partial charge is 0.112 e. The molecule has 0 aromatic heterocycles.